The fraction of sp³-hybridized carbons (Fsp3) is 0.308. The van der Waals surface area contributed by atoms with E-state index in [2.05, 4.69) is 0 Å². The number of rotatable bonds is 9. The van der Waals surface area contributed by atoms with Crippen molar-refractivity contribution in [3.8, 4) is 0 Å². The van der Waals surface area contributed by atoms with Crippen molar-refractivity contribution in [2.24, 2.45) is 0 Å². The Balaban J connectivity index is 1.50. The number of aliphatic hydroxyl groups excluding tert-OH is 2. The van der Waals surface area contributed by atoms with Gasteiger partial charge in [0.15, 0.2) is 12.6 Å². The fourth-order valence-electron chi connectivity index (χ4n) is 3.65. The van der Waals surface area contributed by atoms with E-state index >= 15 is 0 Å². The highest BCUT2D eigenvalue weighted by Gasteiger charge is 2.47. The Morgan fingerprint density at radius 1 is 0.500 bits per heavy atom. The molecule has 6 nitrogen and oxygen atoms in total. The lowest BCUT2D eigenvalue weighted by Gasteiger charge is -2.42. The van der Waals surface area contributed by atoms with Gasteiger partial charge in [0.05, 0.1) is 19.8 Å². The van der Waals surface area contributed by atoms with Gasteiger partial charge in [-0.3, -0.25) is 0 Å². The molecule has 1 saturated heterocycles. The van der Waals surface area contributed by atoms with Gasteiger partial charge >= 0.3 is 0 Å². The molecule has 168 valence electrons. The third kappa shape index (κ3) is 6.01. The molecule has 1 unspecified atom stereocenters. The van der Waals surface area contributed by atoms with Crippen LogP contribution in [-0.4, -0.2) is 41.1 Å². The Morgan fingerprint density at radius 2 is 0.812 bits per heavy atom. The summed E-state index contributed by atoms with van der Waals surface area (Å²) in [5.74, 6) is 0. The van der Waals surface area contributed by atoms with Crippen LogP contribution in [0.2, 0.25) is 0 Å². The zero-order chi connectivity index (χ0) is 22.2. The predicted octanol–water partition coefficient (Wildman–Crippen LogP) is 3.41. The Morgan fingerprint density at radius 3 is 1.16 bits per heavy atom. The first kappa shape index (κ1) is 22.6. The van der Waals surface area contributed by atoms with Crippen LogP contribution in [0.4, 0.5) is 0 Å². The Hall–Kier alpha value is -2.58. The molecule has 2 N–H and O–H groups in total. The minimum absolute atomic E-state index is 0.263. The first-order valence-corrected chi connectivity index (χ1v) is 10.7. The van der Waals surface area contributed by atoms with Crippen molar-refractivity contribution < 1.29 is 29.2 Å². The molecule has 5 atom stereocenters. The number of hydrogen-bond donors (Lipinski definition) is 2. The van der Waals surface area contributed by atoms with Crippen molar-refractivity contribution in [3.63, 3.8) is 0 Å². The normalized spacial score (nSPS) is 25.5. The van der Waals surface area contributed by atoms with Crippen molar-refractivity contribution in [1.29, 1.82) is 0 Å². The molecule has 1 fully saturated rings. The van der Waals surface area contributed by atoms with E-state index in [0.717, 1.165) is 16.7 Å². The van der Waals surface area contributed by atoms with Crippen molar-refractivity contribution in [1.82, 2.24) is 0 Å². The lowest BCUT2D eigenvalue weighted by molar-refractivity contribution is -0.351. The van der Waals surface area contributed by atoms with Gasteiger partial charge in [-0.15, -0.1) is 0 Å². The SMILES string of the molecule is O[C@H]1O[C@H](O)[C@@H](OCc2ccccc2)C(OCc2ccccc2)[C@H]1OCc1ccccc1. The summed E-state index contributed by atoms with van der Waals surface area (Å²) in [6, 6.07) is 29.0. The first-order valence-electron chi connectivity index (χ1n) is 10.7. The molecule has 32 heavy (non-hydrogen) atoms. The maximum Gasteiger partial charge on any atom is 0.187 e. The topological polar surface area (TPSA) is 77.4 Å². The van der Waals surface area contributed by atoms with Gasteiger partial charge in [0, 0.05) is 0 Å². The lowest BCUT2D eigenvalue weighted by atomic mass is 10.0. The summed E-state index contributed by atoms with van der Waals surface area (Å²) in [5.41, 5.74) is 2.87. The minimum Gasteiger partial charge on any atom is -0.368 e. The standard InChI is InChI=1S/C26H28O6/c27-25-23(30-17-20-12-6-2-7-13-20)22(29-16-19-10-4-1-5-11-19)24(26(28)32-25)31-18-21-14-8-3-9-15-21/h1-15,22-28H,16-18H2/t22?,23-,24+,25-,26-/m0/s1. The third-order valence-corrected chi connectivity index (χ3v) is 5.34. The molecule has 0 saturated carbocycles. The van der Waals surface area contributed by atoms with E-state index in [0.29, 0.717) is 0 Å². The van der Waals surface area contributed by atoms with E-state index in [9.17, 15) is 10.2 Å². The van der Waals surface area contributed by atoms with Crippen molar-refractivity contribution in [3.05, 3.63) is 108 Å². The van der Waals surface area contributed by atoms with Crippen LogP contribution in [0, 0.1) is 0 Å². The summed E-state index contributed by atoms with van der Waals surface area (Å²) < 4.78 is 23.6. The van der Waals surface area contributed by atoms with Gasteiger partial charge in [0.25, 0.3) is 0 Å². The second-order valence-corrected chi connectivity index (χ2v) is 7.70. The Labute approximate surface area is 188 Å². The second kappa shape index (κ2) is 11.3. The van der Waals surface area contributed by atoms with Crippen LogP contribution in [0.15, 0.2) is 91.0 Å². The van der Waals surface area contributed by atoms with E-state index in [-0.39, 0.29) is 19.8 Å². The molecule has 0 bridgehead atoms. The molecular weight excluding hydrogens is 408 g/mol. The predicted molar refractivity (Wildman–Crippen MR) is 118 cm³/mol. The van der Waals surface area contributed by atoms with Crippen LogP contribution < -0.4 is 0 Å². The molecule has 6 heteroatoms. The molecule has 0 radical (unpaired) electrons. The molecule has 1 aliphatic heterocycles. The number of aliphatic hydroxyl groups is 2. The zero-order valence-corrected chi connectivity index (χ0v) is 17.7. The Kier molecular flexibility index (Phi) is 8.01. The minimum atomic E-state index is -1.36. The summed E-state index contributed by atoms with van der Waals surface area (Å²) in [5, 5.41) is 21.1. The van der Waals surface area contributed by atoms with Crippen LogP contribution in [0.3, 0.4) is 0 Å². The van der Waals surface area contributed by atoms with E-state index in [1.807, 2.05) is 91.0 Å². The summed E-state index contributed by atoms with van der Waals surface area (Å²) in [6.45, 7) is 0.804. The van der Waals surface area contributed by atoms with Gasteiger partial charge in [-0.05, 0) is 16.7 Å². The highest BCUT2D eigenvalue weighted by Crippen LogP contribution is 2.28. The van der Waals surface area contributed by atoms with Gasteiger partial charge in [-0.2, -0.15) is 0 Å². The van der Waals surface area contributed by atoms with Gasteiger partial charge in [-0.25, -0.2) is 0 Å². The van der Waals surface area contributed by atoms with Gasteiger partial charge in [0.1, 0.15) is 18.3 Å². The first-order chi connectivity index (χ1) is 15.7. The monoisotopic (exact) mass is 436 g/mol. The molecule has 3 aromatic rings. The zero-order valence-electron chi connectivity index (χ0n) is 17.7. The second-order valence-electron chi connectivity index (χ2n) is 7.70. The maximum atomic E-state index is 10.5. The Bertz CT molecular complexity index is 865. The largest absolute Gasteiger partial charge is 0.368 e. The average Bonchev–Trinajstić information content (AvgIpc) is 2.83. The maximum absolute atomic E-state index is 10.5. The van der Waals surface area contributed by atoms with Crippen molar-refractivity contribution in [2.75, 3.05) is 0 Å². The van der Waals surface area contributed by atoms with E-state index in [1.54, 1.807) is 0 Å². The number of benzene rings is 3. The number of hydrogen-bond acceptors (Lipinski definition) is 6. The lowest BCUT2D eigenvalue weighted by Crippen LogP contribution is -2.60. The highest BCUT2D eigenvalue weighted by atomic mass is 16.7. The van der Waals surface area contributed by atoms with E-state index < -0.39 is 30.9 Å². The number of ether oxygens (including phenoxy) is 4. The molecular formula is C26H28O6. The summed E-state index contributed by atoms with van der Waals surface area (Å²) >= 11 is 0. The fourth-order valence-corrected chi connectivity index (χ4v) is 3.65. The molecule has 0 aromatic heterocycles. The molecule has 0 aliphatic carbocycles. The quantitative estimate of drug-likeness (QED) is 0.535. The summed E-state index contributed by atoms with van der Waals surface area (Å²) in [7, 11) is 0. The van der Waals surface area contributed by atoms with Crippen LogP contribution in [0.5, 0.6) is 0 Å². The van der Waals surface area contributed by atoms with Gasteiger partial charge in [0.2, 0.25) is 0 Å². The van der Waals surface area contributed by atoms with Crippen molar-refractivity contribution >= 4 is 0 Å². The van der Waals surface area contributed by atoms with Gasteiger partial charge in [-0.1, -0.05) is 91.0 Å². The molecule has 0 amide bonds. The average molecular weight is 437 g/mol. The molecule has 1 aliphatic rings. The van der Waals surface area contributed by atoms with E-state index in [4.69, 9.17) is 18.9 Å². The summed E-state index contributed by atoms with van der Waals surface area (Å²) in [4.78, 5) is 0. The molecule has 4 rings (SSSR count). The molecule has 0 spiro atoms. The van der Waals surface area contributed by atoms with Crippen LogP contribution >= 0.6 is 0 Å². The van der Waals surface area contributed by atoms with Crippen LogP contribution in [0.25, 0.3) is 0 Å². The van der Waals surface area contributed by atoms with Crippen LogP contribution in [0.1, 0.15) is 16.7 Å². The smallest absolute Gasteiger partial charge is 0.187 e. The molecule has 1 heterocycles. The van der Waals surface area contributed by atoms with Gasteiger partial charge < -0.3 is 29.2 Å². The summed E-state index contributed by atoms with van der Waals surface area (Å²) in [6.07, 6.45) is -5.15. The highest BCUT2D eigenvalue weighted by molar-refractivity contribution is 5.15. The third-order valence-electron chi connectivity index (χ3n) is 5.34. The van der Waals surface area contributed by atoms with Crippen molar-refractivity contribution in [2.45, 2.75) is 50.7 Å². The van der Waals surface area contributed by atoms with E-state index in [1.165, 1.54) is 0 Å². The van der Waals surface area contributed by atoms with Crippen LogP contribution in [-0.2, 0) is 38.8 Å². The molecule has 3 aromatic carbocycles.